The first-order valence-electron chi connectivity index (χ1n) is 12.8. The van der Waals surface area contributed by atoms with Crippen molar-refractivity contribution in [3.63, 3.8) is 0 Å². The molecule has 1 aromatic carbocycles. The van der Waals surface area contributed by atoms with E-state index in [1.165, 1.54) is 18.5 Å². The standard InChI is InChI=1S/C27H36N6O2/c34-27(29-21-23-8-7-15-28-20-23)10-6-4-2-1-3-5-9-24-22-33(31-30-24)26-13-11-25(12-14-26)32-16-18-35-19-17-32/h7-8,11-15,20,22H,1-6,9-10,16-19,21H2,(H,29,34). The second-order valence-corrected chi connectivity index (χ2v) is 9.03. The number of hydrogen-bond acceptors (Lipinski definition) is 6. The summed E-state index contributed by atoms with van der Waals surface area (Å²) in [5.74, 6) is 0.118. The smallest absolute Gasteiger partial charge is 0.220 e. The number of rotatable bonds is 13. The Balaban J connectivity index is 1.06. The van der Waals surface area contributed by atoms with Crippen LogP contribution in [0.25, 0.3) is 5.69 Å². The number of unbranched alkanes of at least 4 members (excludes halogenated alkanes) is 5. The summed E-state index contributed by atoms with van der Waals surface area (Å²) in [6, 6.07) is 12.3. The molecule has 1 aliphatic heterocycles. The Hall–Kier alpha value is -3.26. The number of ether oxygens (including phenoxy) is 1. The van der Waals surface area contributed by atoms with Crippen LogP contribution in [0.15, 0.2) is 55.0 Å². The van der Waals surface area contributed by atoms with Crippen molar-refractivity contribution >= 4 is 11.6 Å². The van der Waals surface area contributed by atoms with E-state index < -0.39 is 0 Å². The van der Waals surface area contributed by atoms with Gasteiger partial charge in [0.25, 0.3) is 0 Å². The molecule has 3 heterocycles. The third kappa shape index (κ3) is 8.17. The lowest BCUT2D eigenvalue weighted by Gasteiger charge is -2.28. The summed E-state index contributed by atoms with van der Waals surface area (Å²) in [6.07, 6.45) is 13.8. The lowest BCUT2D eigenvalue weighted by atomic mass is 10.1. The lowest BCUT2D eigenvalue weighted by molar-refractivity contribution is -0.121. The van der Waals surface area contributed by atoms with Crippen molar-refractivity contribution in [2.75, 3.05) is 31.2 Å². The van der Waals surface area contributed by atoms with E-state index in [0.717, 1.165) is 75.4 Å². The second-order valence-electron chi connectivity index (χ2n) is 9.03. The molecule has 0 unspecified atom stereocenters. The molecule has 0 spiro atoms. The van der Waals surface area contributed by atoms with Crippen LogP contribution in [0, 0.1) is 0 Å². The van der Waals surface area contributed by atoms with Gasteiger partial charge in [-0.25, -0.2) is 4.68 Å². The lowest BCUT2D eigenvalue weighted by Crippen LogP contribution is -2.36. The van der Waals surface area contributed by atoms with Gasteiger partial charge in [0.2, 0.25) is 5.91 Å². The molecule has 1 fully saturated rings. The maximum absolute atomic E-state index is 11.9. The fourth-order valence-electron chi connectivity index (χ4n) is 4.27. The summed E-state index contributed by atoms with van der Waals surface area (Å²) in [4.78, 5) is 18.4. The average Bonchev–Trinajstić information content (AvgIpc) is 3.39. The number of benzene rings is 1. The first kappa shape index (κ1) is 24.9. The molecule has 0 aliphatic carbocycles. The van der Waals surface area contributed by atoms with Crippen molar-refractivity contribution in [1.82, 2.24) is 25.3 Å². The number of carbonyl (C=O) groups excluding carboxylic acids is 1. The van der Waals surface area contributed by atoms with E-state index in [2.05, 4.69) is 49.8 Å². The van der Waals surface area contributed by atoms with Gasteiger partial charge in [-0.3, -0.25) is 9.78 Å². The Kier molecular flexibility index (Phi) is 9.64. The number of carbonyl (C=O) groups is 1. The molecule has 3 aromatic rings. The number of hydrogen-bond donors (Lipinski definition) is 1. The predicted octanol–water partition coefficient (Wildman–Crippen LogP) is 4.09. The maximum Gasteiger partial charge on any atom is 0.220 e. The molecule has 4 rings (SSSR count). The van der Waals surface area contributed by atoms with Crippen molar-refractivity contribution in [1.29, 1.82) is 0 Å². The van der Waals surface area contributed by atoms with E-state index >= 15 is 0 Å². The first-order chi connectivity index (χ1) is 17.3. The molecular formula is C27H36N6O2. The fraction of sp³-hybridized carbons (Fsp3) is 0.481. The molecule has 186 valence electrons. The number of pyridine rings is 1. The van der Waals surface area contributed by atoms with E-state index in [-0.39, 0.29) is 5.91 Å². The molecule has 35 heavy (non-hydrogen) atoms. The van der Waals surface area contributed by atoms with Gasteiger partial charge in [0.05, 0.1) is 30.8 Å². The predicted molar refractivity (Wildman–Crippen MR) is 136 cm³/mol. The summed E-state index contributed by atoms with van der Waals surface area (Å²) in [6.45, 7) is 4.01. The molecule has 8 nitrogen and oxygen atoms in total. The van der Waals surface area contributed by atoms with Gasteiger partial charge in [-0.2, -0.15) is 0 Å². The Labute approximate surface area is 207 Å². The van der Waals surface area contributed by atoms with Crippen molar-refractivity contribution in [3.05, 3.63) is 66.2 Å². The highest BCUT2D eigenvalue weighted by Crippen LogP contribution is 2.18. The van der Waals surface area contributed by atoms with Gasteiger partial charge >= 0.3 is 0 Å². The number of morpholine rings is 1. The second kappa shape index (κ2) is 13.6. The number of nitrogens with one attached hydrogen (secondary N) is 1. The molecule has 0 atom stereocenters. The Morgan fingerprint density at radius 2 is 1.69 bits per heavy atom. The topological polar surface area (TPSA) is 85.2 Å². The van der Waals surface area contributed by atoms with E-state index in [9.17, 15) is 4.79 Å². The highest BCUT2D eigenvalue weighted by Gasteiger charge is 2.11. The Bertz CT molecular complexity index is 1020. The highest BCUT2D eigenvalue weighted by molar-refractivity contribution is 5.75. The summed E-state index contributed by atoms with van der Waals surface area (Å²) < 4.78 is 7.29. The monoisotopic (exact) mass is 476 g/mol. The molecule has 2 aromatic heterocycles. The van der Waals surface area contributed by atoms with E-state index in [0.29, 0.717) is 13.0 Å². The molecule has 8 heteroatoms. The first-order valence-corrected chi connectivity index (χ1v) is 12.8. The van der Waals surface area contributed by atoms with Crippen LogP contribution in [0.2, 0.25) is 0 Å². The van der Waals surface area contributed by atoms with Crippen molar-refractivity contribution < 1.29 is 9.53 Å². The van der Waals surface area contributed by atoms with Gasteiger partial charge in [-0.05, 0) is 55.2 Å². The molecule has 1 aliphatic rings. The van der Waals surface area contributed by atoms with E-state index in [4.69, 9.17) is 4.74 Å². The van der Waals surface area contributed by atoms with Crippen LogP contribution < -0.4 is 10.2 Å². The van der Waals surface area contributed by atoms with Gasteiger partial charge in [0.1, 0.15) is 0 Å². The summed E-state index contributed by atoms with van der Waals surface area (Å²) in [5, 5.41) is 11.6. The number of nitrogens with zero attached hydrogens (tertiary/aromatic N) is 5. The number of anilines is 1. The van der Waals surface area contributed by atoms with Crippen LogP contribution in [0.4, 0.5) is 5.69 Å². The normalized spacial score (nSPS) is 13.7. The van der Waals surface area contributed by atoms with Gasteiger partial charge in [0, 0.05) is 44.1 Å². The Morgan fingerprint density at radius 1 is 0.943 bits per heavy atom. The van der Waals surface area contributed by atoms with Crippen LogP contribution in [0.3, 0.4) is 0 Å². The van der Waals surface area contributed by atoms with Gasteiger partial charge in [0.15, 0.2) is 0 Å². The molecule has 1 amide bonds. The Morgan fingerprint density at radius 3 is 2.46 bits per heavy atom. The van der Waals surface area contributed by atoms with Gasteiger partial charge < -0.3 is 15.0 Å². The maximum atomic E-state index is 11.9. The SMILES string of the molecule is O=C(CCCCCCCCc1cn(-c2ccc(N3CCOCC3)cc2)nn1)NCc1cccnc1. The van der Waals surface area contributed by atoms with Crippen LogP contribution in [-0.4, -0.2) is 52.2 Å². The van der Waals surface area contributed by atoms with Crippen molar-refractivity contribution in [3.8, 4) is 5.69 Å². The molecular weight excluding hydrogens is 440 g/mol. The number of aryl methyl sites for hydroxylation is 1. The average molecular weight is 477 g/mol. The minimum atomic E-state index is 0.118. The van der Waals surface area contributed by atoms with Crippen molar-refractivity contribution in [2.24, 2.45) is 0 Å². The fourth-order valence-corrected chi connectivity index (χ4v) is 4.27. The van der Waals surface area contributed by atoms with Gasteiger partial charge in [-0.1, -0.05) is 37.0 Å². The number of aromatic nitrogens is 4. The summed E-state index contributed by atoms with van der Waals surface area (Å²) in [5.41, 5.74) is 4.32. The zero-order chi connectivity index (χ0) is 24.1. The van der Waals surface area contributed by atoms with Crippen LogP contribution in [0.1, 0.15) is 56.2 Å². The van der Waals surface area contributed by atoms with E-state index in [1.54, 1.807) is 12.4 Å². The molecule has 0 saturated carbocycles. The van der Waals surface area contributed by atoms with Crippen LogP contribution >= 0.6 is 0 Å². The minimum Gasteiger partial charge on any atom is -0.378 e. The summed E-state index contributed by atoms with van der Waals surface area (Å²) in [7, 11) is 0. The quantitative estimate of drug-likeness (QED) is 0.374. The zero-order valence-electron chi connectivity index (χ0n) is 20.4. The molecule has 0 radical (unpaired) electrons. The molecule has 1 N–H and O–H groups in total. The minimum absolute atomic E-state index is 0.118. The van der Waals surface area contributed by atoms with Crippen LogP contribution in [-0.2, 0) is 22.5 Å². The largest absolute Gasteiger partial charge is 0.378 e. The zero-order valence-corrected chi connectivity index (χ0v) is 20.4. The van der Waals surface area contributed by atoms with Crippen molar-refractivity contribution in [2.45, 2.75) is 57.9 Å². The highest BCUT2D eigenvalue weighted by atomic mass is 16.5. The van der Waals surface area contributed by atoms with Crippen LogP contribution in [0.5, 0.6) is 0 Å². The molecule has 0 bridgehead atoms. The number of amides is 1. The third-order valence-corrected chi connectivity index (χ3v) is 6.33. The summed E-state index contributed by atoms with van der Waals surface area (Å²) >= 11 is 0. The van der Waals surface area contributed by atoms with E-state index in [1.807, 2.05) is 23.0 Å². The third-order valence-electron chi connectivity index (χ3n) is 6.33. The molecule has 1 saturated heterocycles. The van der Waals surface area contributed by atoms with Gasteiger partial charge in [-0.15, -0.1) is 5.10 Å².